The van der Waals surface area contributed by atoms with E-state index >= 15 is 0 Å². The van der Waals surface area contributed by atoms with Gasteiger partial charge in [-0.3, -0.25) is 0 Å². The highest BCUT2D eigenvalue weighted by Gasteiger charge is 2.09. The Kier molecular flexibility index (Phi) is 6.24. The van der Waals surface area contributed by atoms with Crippen LogP contribution in [0.1, 0.15) is 18.1 Å². The van der Waals surface area contributed by atoms with Crippen LogP contribution in [-0.2, 0) is 4.74 Å². The maximum atomic E-state index is 5.66. The first kappa shape index (κ1) is 12.0. The third kappa shape index (κ3) is 3.99. The van der Waals surface area contributed by atoms with Crippen molar-refractivity contribution >= 4 is 27.5 Å². The summed E-state index contributed by atoms with van der Waals surface area (Å²) in [5, 5.41) is 0.939. The summed E-state index contributed by atoms with van der Waals surface area (Å²) < 4.78 is 5.66. The zero-order chi connectivity index (χ0) is 10.2. The maximum absolute atomic E-state index is 5.66. The van der Waals surface area contributed by atoms with Gasteiger partial charge in [-0.15, -0.1) is 11.6 Å². The zero-order valence-electron chi connectivity index (χ0n) is 7.96. The smallest absolute Gasteiger partial charge is 0.0833 e. The zero-order valence-corrected chi connectivity index (χ0v) is 10.3. The fourth-order valence-electron chi connectivity index (χ4n) is 1.30. The van der Waals surface area contributed by atoms with E-state index in [9.17, 15) is 0 Å². The van der Waals surface area contributed by atoms with E-state index < -0.39 is 0 Å². The second-order valence-corrected chi connectivity index (χ2v) is 4.11. The summed E-state index contributed by atoms with van der Waals surface area (Å²) >= 11 is 9.02. The van der Waals surface area contributed by atoms with Gasteiger partial charge < -0.3 is 4.74 Å². The SMILES string of the molecule is ClCCO[C@@H](CCBr)c1ccccc1. The molecule has 1 nitrogen and oxygen atoms in total. The first-order chi connectivity index (χ1) is 6.88. The van der Waals surface area contributed by atoms with Gasteiger partial charge in [0.2, 0.25) is 0 Å². The van der Waals surface area contributed by atoms with E-state index in [-0.39, 0.29) is 6.10 Å². The van der Waals surface area contributed by atoms with E-state index in [1.54, 1.807) is 0 Å². The van der Waals surface area contributed by atoms with Crippen LogP contribution >= 0.6 is 27.5 Å². The van der Waals surface area contributed by atoms with Crippen molar-refractivity contribution in [1.29, 1.82) is 0 Å². The van der Waals surface area contributed by atoms with E-state index in [1.807, 2.05) is 18.2 Å². The average molecular weight is 278 g/mol. The van der Waals surface area contributed by atoms with Gasteiger partial charge in [-0.1, -0.05) is 46.3 Å². The third-order valence-electron chi connectivity index (χ3n) is 1.94. The highest BCUT2D eigenvalue weighted by molar-refractivity contribution is 9.09. The molecule has 0 saturated heterocycles. The monoisotopic (exact) mass is 276 g/mol. The van der Waals surface area contributed by atoms with E-state index in [4.69, 9.17) is 16.3 Å². The minimum atomic E-state index is 0.161. The molecule has 1 aromatic carbocycles. The number of rotatable bonds is 6. The second kappa shape index (κ2) is 7.27. The van der Waals surface area contributed by atoms with Crippen LogP contribution in [0.15, 0.2) is 30.3 Å². The Morgan fingerprint density at radius 2 is 2.00 bits per heavy atom. The van der Waals surface area contributed by atoms with Crippen LogP contribution < -0.4 is 0 Å². The number of hydrogen-bond donors (Lipinski definition) is 0. The minimum absolute atomic E-state index is 0.161. The minimum Gasteiger partial charge on any atom is -0.372 e. The molecule has 0 aliphatic rings. The maximum Gasteiger partial charge on any atom is 0.0833 e. The van der Waals surface area contributed by atoms with Crippen LogP contribution in [0, 0.1) is 0 Å². The Labute approximate surface area is 98.5 Å². The standard InChI is InChI=1S/C11H14BrClO/c12-7-6-11(14-9-8-13)10-4-2-1-3-5-10/h1-5,11H,6-9H2/t11-/m0/s1. The predicted octanol–water partition coefficient (Wildman–Crippen LogP) is 3.77. The molecule has 0 fully saturated rings. The van der Waals surface area contributed by atoms with Gasteiger partial charge in [-0.05, 0) is 12.0 Å². The van der Waals surface area contributed by atoms with Crippen molar-refractivity contribution in [3.8, 4) is 0 Å². The highest BCUT2D eigenvalue weighted by Crippen LogP contribution is 2.21. The lowest BCUT2D eigenvalue weighted by atomic mass is 10.1. The topological polar surface area (TPSA) is 9.23 Å². The number of halogens is 2. The quantitative estimate of drug-likeness (QED) is 0.719. The molecule has 1 aromatic rings. The largest absolute Gasteiger partial charge is 0.372 e. The van der Waals surface area contributed by atoms with Gasteiger partial charge in [0.15, 0.2) is 0 Å². The Morgan fingerprint density at radius 3 is 2.57 bits per heavy atom. The summed E-state index contributed by atoms with van der Waals surface area (Å²) in [6.07, 6.45) is 1.13. The predicted molar refractivity (Wildman–Crippen MR) is 64.3 cm³/mol. The Hall–Kier alpha value is -0.0500. The molecular formula is C11H14BrClO. The molecule has 78 valence electrons. The van der Waals surface area contributed by atoms with Crippen LogP contribution in [0.25, 0.3) is 0 Å². The van der Waals surface area contributed by atoms with Crippen molar-refractivity contribution in [1.82, 2.24) is 0 Å². The molecule has 0 amide bonds. The highest BCUT2D eigenvalue weighted by atomic mass is 79.9. The van der Waals surface area contributed by atoms with Crippen molar-refractivity contribution in [3.05, 3.63) is 35.9 Å². The van der Waals surface area contributed by atoms with Gasteiger partial charge in [0, 0.05) is 11.2 Å². The molecule has 1 rings (SSSR count). The van der Waals surface area contributed by atoms with Gasteiger partial charge >= 0.3 is 0 Å². The summed E-state index contributed by atoms with van der Waals surface area (Å²) in [4.78, 5) is 0. The van der Waals surface area contributed by atoms with Crippen LogP contribution in [0.2, 0.25) is 0 Å². The normalized spacial score (nSPS) is 12.7. The molecule has 14 heavy (non-hydrogen) atoms. The lowest BCUT2D eigenvalue weighted by Gasteiger charge is -2.16. The summed E-state index contributed by atoms with van der Waals surface area (Å²) in [5.41, 5.74) is 1.22. The molecule has 0 aliphatic carbocycles. The van der Waals surface area contributed by atoms with E-state index in [2.05, 4.69) is 28.1 Å². The lowest BCUT2D eigenvalue weighted by Crippen LogP contribution is -2.07. The summed E-state index contributed by atoms with van der Waals surface area (Å²) in [6, 6.07) is 10.2. The molecule has 0 aliphatic heterocycles. The molecule has 3 heteroatoms. The van der Waals surface area contributed by atoms with Crippen molar-refractivity contribution in [2.45, 2.75) is 12.5 Å². The lowest BCUT2D eigenvalue weighted by molar-refractivity contribution is 0.0623. The molecular weight excluding hydrogens is 263 g/mol. The molecule has 1 atom stereocenters. The summed E-state index contributed by atoms with van der Waals surface area (Å²) in [7, 11) is 0. The fraction of sp³-hybridized carbons (Fsp3) is 0.455. The van der Waals surface area contributed by atoms with Gasteiger partial charge in [-0.25, -0.2) is 0 Å². The van der Waals surface area contributed by atoms with Crippen molar-refractivity contribution < 1.29 is 4.74 Å². The molecule has 0 aromatic heterocycles. The van der Waals surface area contributed by atoms with Gasteiger partial charge in [-0.2, -0.15) is 0 Å². The molecule has 0 N–H and O–H groups in total. The summed E-state index contributed by atoms with van der Waals surface area (Å²) in [5.74, 6) is 0.547. The molecule has 0 heterocycles. The molecule has 0 spiro atoms. The van der Waals surface area contributed by atoms with E-state index in [0.29, 0.717) is 12.5 Å². The van der Waals surface area contributed by atoms with Gasteiger partial charge in [0.1, 0.15) is 0 Å². The summed E-state index contributed by atoms with van der Waals surface area (Å²) in [6.45, 7) is 0.605. The second-order valence-electron chi connectivity index (χ2n) is 2.94. The molecule has 0 saturated carbocycles. The van der Waals surface area contributed by atoms with Crippen LogP contribution in [0.4, 0.5) is 0 Å². The Morgan fingerprint density at radius 1 is 1.29 bits per heavy atom. The third-order valence-corrected chi connectivity index (χ3v) is 2.55. The average Bonchev–Trinajstić information content (AvgIpc) is 2.25. The van der Waals surface area contributed by atoms with E-state index in [1.165, 1.54) is 5.56 Å². The van der Waals surface area contributed by atoms with Crippen molar-refractivity contribution in [3.63, 3.8) is 0 Å². The number of ether oxygens (including phenoxy) is 1. The fourth-order valence-corrected chi connectivity index (χ4v) is 1.80. The van der Waals surface area contributed by atoms with Crippen LogP contribution in [0.5, 0.6) is 0 Å². The van der Waals surface area contributed by atoms with Crippen molar-refractivity contribution in [2.24, 2.45) is 0 Å². The van der Waals surface area contributed by atoms with Gasteiger partial charge in [0.05, 0.1) is 12.7 Å². The number of alkyl halides is 2. The molecule has 0 bridgehead atoms. The first-order valence-electron chi connectivity index (χ1n) is 4.67. The Bertz CT molecular complexity index is 240. The molecule has 0 unspecified atom stereocenters. The number of benzene rings is 1. The first-order valence-corrected chi connectivity index (χ1v) is 6.32. The Balaban J connectivity index is 2.58. The van der Waals surface area contributed by atoms with Crippen LogP contribution in [-0.4, -0.2) is 17.8 Å². The van der Waals surface area contributed by atoms with Crippen LogP contribution in [0.3, 0.4) is 0 Å². The number of hydrogen-bond acceptors (Lipinski definition) is 1. The molecule has 0 radical (unpaired) electrons. The van der Waals surface area contributed by atoms with Crippen molar-refractivity contribution in [2.75, 3.05) is 17.8 Å². The van der Waals surface area contributed by atoms with Gasteiger partial charge in [0.25, 0.3) is 0 Å². The van der Waals surface area contributed by atoms with E-state index in [0.717, 1.165) is 11.8 Å².